The average Bonchev–Trinajstić information content (AvgIpc) is 3.05. The summed E-state index contributed by atoms with van der Waals surface area (Å²) in [5.41, 5.74) is 3.87. The number of ether oxygens (including phenoxy) is 1. The number of aromatic amines is 1. The molecule has 1 N–H and O–H groups in total. The summed E-state index contributed by atoms with van der Waals surface area (Å²) in [5, 5.41) is 0. The molecule has 0 amide bonds. The second-order valence-electron chi connectivity index (χ2n) is 6.10. The molecule has 1 aliphatic carbocycles. The topological polar surface area (TPSA) is 76.2 Å². The molecule has 0 unspecified atom stereocenters. The number of Topliss-reactive ketones (excluding diaryl/α,β-unsaturated/α-hetero) is 3. The number of fused-ring (bicyclic) bond motifs is 1. The summed E-state index contributed by atoms with van der Waals surface area (Å²) in [6.45, 7) is 4.88. The largest absolute Gasteiger partial charge is 0.485 e. The van der Waals surface area contributed by atoms with E-state index in [-0.39, 0.29) is 24.0 Å². The molecule has 0 spiro atoms. The van der Waals surface area contributed by atoms with Gasteiger partial charge in [0, 0.05) is 28.8 Å². The van der Waals surface area contributed by atoms with Crippen molar-refractivity contribution in [1.82, 2.24) is 4.98 Å². The molecule has 0 saturated carbocycles. The molecular formula is C19H19NO4. The van der Waals surface area contributed by atoms with Gasteiger partial charge in [0.1, 0.15) is 5.75 Å². The Hall–Kier alpha value is -2.69. The van der Waals surface area contributed by atoms with Crippen molar-refractivity contribution < 1.29 is 19.1 Å². The second kappa shape index (κ2) is 6.07. The fourth-order valence-electron chi connectivity index (χ4n) is 3.37. The van der Waals surface area contributed by atoms with Gasteiger partial charge >= 0.3 is 0 Å². The molecule has 1 aromatic heterocycles. The molecule has 0 bridgehead atoms. The van der Waals surface area contributed by atoms with Gasteiger partial charge in [0.2, 0.25) is 5.78 Å². The first-order chi connectivity index (χ1) is 11.4. The number of rotatable bonds is 5. The van der Waals surface area contributed by atoms with Gasteiger partial charge in [0.05, 0.1) is 5.69 Å². The third-order valence-corrected chi connectivity index (χ3v) is 4.46. The van der Waals surface area contributed by atoms with Crippen LogP contribution in [0.4, 0.5) is 0 Å². The lowest BCUT2D eigenvalue weighted by Gasteiger charge is -2.09. The lowest BCUT2D eigenvalue weighted by atomic mass is 10.1. The highest BCUT2D eigenvalue weighted by Gasteiger charge is 2.24. The molecule has 0 fully saturated rings. The Morgan fingerprint density at radius 2 is 1.96 bits per heavy atom. The van der Waals surface area contributed by atoms with E-state index < -0.39 is 0 Å². The van der Waals surface area contributed by atoms with Crippen LogP contribution in [0.5, 0.6) is 5.75 Å². The summed E-state index contributed by atoms with van der Waals surface area (Å²) in [4.78, 5) is 38.9. The van der Waals surface area contributed by atoms with Crippen molar-refractivity contribution in [1.29, 1.82) is 0 Å². The number of nitrogens with one attached hydrogen (secondary N) is 1. The number of ketones is 3. The Balaban J connectivity index is 1.79. The molecule has 0 radical (unpaired) electrons. The minimum atomic E-state index is -0.218. The number of aryl methyl sites for hydroxylation is 1. The Bertz CT molecular complexity index is 860. The summed E-state index contributed by atoms with van der Waals surface area (Å²) in [5.74, 6) is 0.411. The molecule has 5 heteroatoms. The summed E-state index contributed by atoms with van der Waals surface area (Å²) in [6, 6.07) is 5.33. The number of hydrogen-bond acceptors (Lipinski definition) is 4. The summed E-state index contributed by atoms with van der Waals surface area (Å²) < 4.78 is 5.67. The molecule has 1 heterocycles. The van der Waals surface area contributed by atoms with E-state index in [1.165, 1.54) is 6.92 Å². The monoisotopic (exact) mass is 325 g/mol. The standard InChI is InChI=1S/C19H19NO4/c1-10-18(12(3)21)11(2)20-19(10)16(23)9-24-17-6-4-5-13-14(17)7-8-15(13)22/h4-6,20H,7-9H2,1-3H3. The Kier molecular flexibility index (Phi) is 4.09. The van der Waals surface area contributed by atoms with E-state index in [0.717, 1.165) is 5.56 Å². The van der Waals surface area contributed by atoms with E-state index in [2.05, 4.69) is 4.98 Å². The molecule has 1 aromatic carbocycles. The predicted octanol–water partition coefficient (Wildman–Crippen LogP) is 3.22. The van der Waals surface area contributed by atoms with Gasteiger partial charge in [-0.3, -0.25) is 14.4 Å². The van der Waals surface area contributed by atoms with Gasteiger partial charge in [-0.25, -0.2) is 0 Å². The molecule has 1 aliphatic rings. The lowest BCUT2D eigenvalue weighted by Crippen LogP contribution is -2.14. The van der Waals surface area contributed by atoms with Crippen LogP contribution < -0.4 is 4.74 Å². The van der Waals surface area contributed by atoms with E-state index in [1.54, 1.807) is 32.0 Å². The van der Waals surface area contributed by atoms with E-state index in [9.17, 15) is 14.4 Å². The van der Waals surface area contributed by atoms with E-state index in [1.807, 2.05) is 0 Å². The number of carbonyl (C=O) groups excluding carboxylic acids is 3. The van der Waals surface area contributed by atoms with Gasteiger partial charge < -0.3 is 9.72 Å². The van der Waals surface area contributed by atoms with Gasteiger partial charge in [0.25, 0.3) is 0 Å². The highest BCUT2D eigenvalue weighted by molar-refractivity contribution is 6.04. The average molecular weight is 325 g/mol. The van der Waals surface area contributed by atoms with E-state index in [4.69, 9.17) is 4.74 Å². The van der Waals surface area contributed by atoms with Gasteiger partial charge in [0.15, 0.2) is 18.2 Å². The van der Waals surface area contributed by atoms with Gasteiger partial charge in [-0.05, 0) is 38.8 Å². The van der Waals surface area contributed by atoms with Crippen molar-refractivity contribution in [2.24, 2.45) is 0 Å². The van der Waals surface area contributed by atoms with Crippen LogP contribution in [0.1, 0.15) is 61.4 Å². The third-order valence-electron chi connectivity index (χ3n) is 4.46. The third kappa shape index (κ3) is 2.66. The molecule has 5 nitrogen and oxygen atoms in total. The molecule has 0 atom stereocenters. The maximum atomic E-state index is 12.5. The molecule has 0 saturated heterocycles. The minimum absolute atomic E-state index is 0.0689. The maximum Gasteiger partial charge on any atom is 0.216 e. The molecule has 24 heavy (non-hydrogen) atoms. The number of hydrogen-bond donors (Lipinski definition) is 1. The number of aromatic nitrogens is 1. The second-order valence-corrected chi connectivity index (χ2v) is 6.10. The Morgan fingerprint density at radius 1 is 1.21 bits per heavy atom. The highest BCUT2D eigenvalue weighted by Crippen LogP contribution is 2.30. The van der Waals surface area contributed by atoms with E-state index >= 15 is 0 Å². The fraction of sp³-hybridized carbons (Fsp3) is 0.316. The Morgan fingerprint density at radius 3 is 2.62 bits per heavy atom. The number of benzene rings is 1. The van der Waals surface area contributed by atoms with Crippen LogP contribution in [0.25, 0.3) is 0 Å². The molecule has 2 aromatic rings. The van der Waals surface area contributed by atoms with Crippen LogP contribution in [-0.2, 0) is 6.42 Å². The SMILES string of the molecule is CC(=O)c1c(C)[nH]c(C(=O)COc2cccc3c2CCC3=O)c1C. The fourth-order valence-corrected chi connectivity index (χ4v) is 3.37. The maximum absolute atomic E-state index is 12.5. The van der Waals surface area contributed by atoms with Crippen LogP contribution >= 0.6 is 0 Å². The van der Waals surface area contributed by atoms with Crippen molar-refractivity contribution in [3.05, 3.63) is 51.8 Å². The highest BCUT2D eigenvalue weighted by atomic mass is 16.5. The first-order valence-corrected chi connectivity index (χ1v) is 7.91. The number of H-pyrrole nitrogens is 1. The summed E-state index contributed by atoms with van der Waals surface area (Å²) in [7, 11) is 0. The van der Waals surface area contributed by atoms with Gasteiger partial charge in [-0.15, -0.1) is 0 Å². The van der Waals surface area contributed by atoms with Crippen molar-refractivity contribution in [2.45, 2.75) is 33.6 Å². The lowest BCUT2D eigenvalue weighted by molar-refractivity contribution is 0.0915. The zero-order valence-corrected chi connectivity index (χ0v) is 14.0. The zero-order valence-electron chi connectivity index (χ0n) is 14.0. The van der Waals surface area contributed by atoms with Crippen LogP contribution in [0.3, 0.4) is 0 Å². The van der Waals surface area contributed by atoms with Crippen molar-refractivity contribution in [2.75, 3.05) is 6.61 Å². The van der Waals surface area contributed by atoms with Crippen LogP contribution in [0.15, 0.2) is 18.2 Å². The van der Waals surface area contributed by atoms with E-state index in [0.29, 0.717) is 46.7 Å². The summed E-state index contributed by atoms with van der Waals surface area (Å²) >= 11 is 0. The molecular weight excluding hydrogens is 306 g/mol. The first kappa shape index (κ1) is 16.2. The van der Waals surface area contributed by atoms with Crippen LogP contribution in [0, 0.1) is 13.8 Å². The van der Waals surface area contributed by atoms with Crippen molar-refractivity contribution in [3.8, 4) is 5.75 Å². The smallest absolute Gasteiger partial charge is 0.216 e. The predicted molar refractivity (Wildman–Crippen MR) is 89.2 cm³/mol. The normalized spacial score (nSPS) is 13.0. The first-order valence-electron chi connectivity index (χ1n) is 7.91. The van der Waals surface area contributed by atoms with Gasteiger partial charge in [-0.1, -0.05) is 12.1 Å². The van der Waals surface area contributed by atoms with Crippen LogP contribution in [0.2, 0.25) is 0 Å². The quantitative estimate of drug-likeness (QED) is 0.856. The molecule has 0 aliphatic heterocycles. The van der Waals surface area contributed by atoms with Crippen molar-refractivity contribution >= 4 is 17.3 Å². The van der Waals surface area contributed by atoms with Crippen LogP contribution in [-0.4, -0.2) is 28.9 Å². The molecule has 124 valence electrons. The zero-order chi connectivity index (χ0) is 17.4. The molecule has 3 rings (SSSR count). The summed E-state index contributed by atoms with van der Waals surface area (Å²) in [6.07, 6.45) is 1.13. The van der Waals surface area contributed by atoms with Crippen molar-refractivity contribution in [3.63, 3.8) is 0 Å². The minimum Gasteiger partial charge on any atom is -0.485 e. The Labute approximate surface area is 140 Å². The van der Waals surface area contributed by atoms with Gasteiger partial charge in [-0.2, -0.15) is 0 Å². The number of carbonyl (C=O) groups is 3.